The number of carbonyl (C=O) groups excluding carboxylic acids is 1. The lowest BCUT2D eigenvalue weighted by atomic mass is 9.98. The predicted molar refractivity (Wildman–Crippen MR) is 52.4 cm³/mol. The maximum atomic E-state index is 11.3. The number of nitrogens with zero attached hydrogens (tertiary/aromatic N) is 2. The topological polar surface area (TPSA) is 42.9 Å². The number of aromatic nitrogens is 2. The second kappa shape index (κ2) is 3.80. The third kappa shape index (κ3) is 2.14. The average Bonchev–Trinajstić information content (AvgIpc) is 2.04. The van der Waals surface area contributed by atoms with Crippen molar-refractivity contribution in [2.45, 2.75) is 11.7 Å². The Morgan fingerprint density at radius 2 is 2.25 bits per heavy atom. The van der Waals surface area contributed by atoms with Crippen LogP contribution in [0.15, 0.2) is 12.1 Å². The number of halogens is 1. The highest BCUT2D eigenvalue weighted by atomic mass is 79.9. The summed E-state index contributed by atoms with van der Waals surface area (Å²) in [6, 6.07) is 3.46. The van der Waals surface area contributed by atoms with E-state index in [2.05, 4.69) is 26.1 Å². The number of aryl methyl sites for hydroxylation is 1. The Labute approximate surface area is 80.1 Å². The van der Waals surface area contributed by atoms with Crippen LogP contribution < -0.4 is 0 Å². The molecule has 1 aromatic heterocycles. The van der Waals surface area contributed by atoms with Gasteiger partial charge < -0.3 is 0 Å². The van der Waals surface area contributed by atoms with Gasteiger partial charge in [0.15, 0.2) is 5.78 Å². The Hall–Kier alpha value is -0.705. The fraction of sp³-hybridized carbons (Fsp3) is 0.286. The van der Waals surface area contributed by atoms with Gasteiger partial charge in [0.1, 0.15) is 13.5 Å². The van der Waals surface area contributed by atoms with Crippen molar-refractivity contribution in [2.75, 3.05) is 0 Å². The van der Waals surface area contributed by atoms with E-state index in [1.165, 1.54) is 0 Å². The molecule has 12 heavy (non-hydrogen) atoms. The van der Waals surface area contributed by atoms with Crippen molar-refractivity contribution in [1.29, 1.82) is 0 Å². The first-order valence-electron chi connectivity index (χ1n) is 3.60. The number of ketones is 1. The van der Waals surface area contributed by atoms with Crippen LogP contribution >= 0.6 is 15.9 Å². The summed E-state index contributed by atoms with van der Waals surface area (Å²) in [5.74, 6) is -0.0394. The normalized spacial score (nSPS) is 12.5. The van der Waals surface area contributed by atoms with E-state index in [-0.39, 0.29) is 10.5 Å². The van der Waals surface area contributed by atoms with Gasteiger partial charge in [-0.25, -0.2) is 0 Å². The fourth-order valence-electron chi connectivity index (χ4n) is 0.734. The molecule has 1 atom stereocenters. The lowest BCUT2D eigenvalue weighted by molar-refractivity contribution is 0.100. The summed E-state index contributed by atoms with van der Waals surface area (Å²) in [6.45, 7) is 1.83. The molecular weight excluding hydrogens is 219 g/mol. The van der Waals surface area contributed by atoms with Gasteiger partial charge in [-0.15, -0.1) is 5.10 Å². The van der Waals surface area contributed by atoms with Gasteiger partial charge in [-0.1, -0.05) is 15.9 Å². The maximum Gasteiger partial charge on any atom is 0.188 e. The highest BCUT2D eigenvalue weighted by Gasteiger charge is 2.12. The average molecular weight is 227 g/mol. The van der Waals surface area contributed by atoms with Gasteiger partial charge in [-0.05, 0) is 19.1 Å². The molecule has 0 amide bonds. The van der Waals surface area contributed by atoms with Crippen molar-refractivity contribution < 1.29 is 4.79 Å². The minimum atomic E-state index is -0.200. The van der Waals surface area contributed by atoms with Gasteiger partial charge in [0, 0.05) is 4.73 Å². The molecule has 1 heterocycles. The Morgan fingerprint density at radius 1 is 1.58 bits per heavy atom. The third-order valence-corrected chi connectivity index (χ3v) is 1.83. The van der Waals surface area contributed by atoms with E-state index in [9.17, 15) is 4.79 Å². The van der Waals surface area contributed by atoms with E-state index in [0.29, 0.717) is 5.69 Å². The number of carbonyl (C=O) groups is 1. The van der Waals surface area contributed by atoms with E-state index in [4.69, 9.17) is 0 Å². The summed E-state index contributed by atoms with van der Waals surface area (Å²) in [5.41, 5.74) is 1.22. The maximum absolute atomic E-state index is 11.3. The van der Waals surface area contributed by atoms with Crippen LogP contribution in [0.4, 0.5) is 0 Å². The van der Waals surface area contributed by atoms with Crippen molar-refractivity contribution in [2.24, 2.45) is 0 Å². The first-order chi connectivity index (χ1) is 5.61. The monoisotopic (exact) mass is 226 g/mol. The molecule has 0 radical (unpaired) electrons. The zero-order valence-corrected chi connectivity index (χ0v) is 8.50. The number of alkyl halides is 1. The van der Waals surface area contributed by atoms with E-state index >= 15 is 0 Å². The lowest BCUT2D eigenvalue weighted by Crippen LogP contribution is -2.15. The minimum Gasteiger partial charge on any atom is -0.292 e. The van der Waals surface area contributed by atoms with Crippen molar-refractivity contribution in [1.82, 2.24) is 10.2 Å². The van der Waals surface area contributed by atoms with Crippen molar-refractivity contribution in [3.8, 4) is 0 Å². The first kappa shape index (κ1) is 9.38. The Balaban J connectivity index is 2.90. The molecule has 1 unspecified atom stereocenters. The van der Waals surface area contributed by atoms with Crippen molar-refractivity contribution >= 4 is 29.6 Å². The molecule has 5 heteroatoms. The largest absolute Gasteiger partial charge is 0.292 e. The minimum absolute atomic E-state index is 0.0394. The molecule has 0 aromatic carbocycles. The first-order valence-corrected chi connectivity index (χ1v) is 4.51. The summed E-state index contributed by atoms with van der Waals surface area (Å²) in [4.78, 5) is 11.3. The standard InChI is InChI=1S/C7H8BBrN2O/c1-4-2-3-5(11-10-4)6(12)7(8)9/h2-3,7H,8H2,1H3. The zero-order chi connectivity index (χ0) is 9.14. The van der Waals surface area contributed by atoms with Crippen LogP contribution in [0.1, 0.15) is 16.2 Å². The molecule has 0 aliphatic rings. The molecule has 0 saturated carbocycles. The Morgan fingerprint density at radius 3 is 2.67 bits per heavy atom. The molecule has 1 rings (SSSR count). The molecule has 0 N–H and O–H groups in total. The second-order valence-electron chi connectivity index (χ2n) is 2.54. The van der Waals surface area contributed by atoms with Gasteiger partial charge in [-0.3, -0.25) is 4.79 Å². The summed E-state index contributed by atoms with van der Waals surface area (Å²) in [5, 5.41) is 7.56. The third-order valence-electron chi connectivity index (χ3n) is 1.41. The molecule has 0 spiro atoms. The SMILES string of the molecule is BC(Br)C(=O)c1ccc(C)nn1. The molecule has 0 aliphatic carbocycles. The molecule has 0 fully saturated rings. The van der Waals surface area contributed by atoms with E-state index in [1.54, 1.807) is 20.0 Å². The van der Waals surface area contributed by atoms with Crippen LogP contribution in [0.2, 0.25) is 0 Å². The molecular formula is C7H8BBrN2O. The van der Waals surface area contributed by atoms with Crippen LogP contribution in [-0.2, 0) is 0 Å². The van der Waals surface area contributed by atoms with Crippen LogP contribution in [0.5, 0.6) is 0 Å². The van der Waals surface area contributed by atoms with Crippen LogP contribution in [0, 0.1) is 6.92 Å². The molecule has 62 valence electrons. The Kier molecular flexibility index (Phi) is 2.97. The van der Waals surface area contributed by atoms with Crippen LogP contribution in [-0.4, -0.2) is 28.6 Å². The molecule has 0 aliphatic heterocycles. The highest BCUT2D eigenvalue weighted by Crippen LogP contribution is 2.04. The smallest absolute Gasteiger partial charge is 0.188 e. The van der Waals surface area contributed by atoms with Crippen molar-refractivity contribution in [3.63, 3.8) is 0 Å². The molecule has 1 aromatic rings. The van der Waals surface area contributed by atoms with E-state index < -0.39 is 0 Å². The predicted octanol–water partition coefficient (Wildman–Crippen LogP) is 0.322. The van der Waals surface area contributed by atoms with Gasteiger partial charge >= 0.3 is 0 Å². The molecule has 0 saturated heterocycles. The lowest BCUT2D eigenvalue weighted by Gasteiger charge is -1.99. The van der Waals surface area contributed by atoms with Gasteiger partial charge in [0.2, 0.25) is 0 Å². The molecule has 3 nitrogen and oxygen atoms in total. The van der Waals surface area contributed by atoms with E-state index in [1.807, 2.05) is 6.92 Å². The quantitative estimate of drug-likeness (QED) is 0.415. The summed E-state index contributed by atoms with van der Waals surface area (Å²) >= 11 is 3.18. The second-order valence-corrected chi connectivity index (χ2v) is 3.91. The summed E-state index contributed by atoms with van der Waals surface area (Å²) in [7, 11) is 1.77. The van der Waals surface area contributed by atoms with Gasteiger partial charge in [0.25, 0.3) is 0 Å². The zero-order valence-electron chi connectivity index (χ0n) is 6.91. The fourth-order valence-corrected chi connectivity index (χ4v) is 0.969. The summed E-state index contributed by atoms with van der Waals surface area (Å²) < 4.78 is -0.200. The van der Waals surface area contributed by atoms with Crippen molar-refractivity contribution in [3.05, 3.63) is 23.5 Å². The molecule has 0 bridgehead atoms. The van der Waals surface area contributed by atoms with E-state index in [0.717, 1.165) is 5.69 Å². The number of rotatable bonds is 2. The van der Waals surface area contributed by atoms with Crippen LogP contribution in [0.3, 0.4) is 0 Å². The van der Waals surface area contributed by atoms with Gasteiger partial charge in [-0.2, -0.15) is 5.10 Å². The summed E-state index contributed by atoms with van der Waals surface area (Å²) in [6.07, 6.45) is 0. The number of hydrogen-bond acceptors (Lipinski definition) is 3. The highest BCUT2D eigenvalue weighted by molar-refractivity contribution is 9.10. The Bertz CT molecular complexity index is 286. The number of Topliss-reactive ketones (excluding diaryl/α,β-unsaturated/α-hetero) is 1. The van der Waals surface area contributed by atoms with Gasteiger partial charge in [0.05, 0.1) is 5.69 Å². The van der Waals surface area contributed by atoms with Crippen LogP contribution in [0.25, 0.3) is 0 Å². The number of hydrogen-bond donors (Lipinski definition) is 0.